The van der Waals surface area contributed by atoms with Gasteiger partial charge in [0, 0.05) is 37.1 Å². The van der Waals surface area contributed by atoms with Gasteiger partial charge >= 0.3 is 6.18 Å². The number of rotatable bonds is 6. The first-order valence-electron chi connectivity index (χ1n) is 12.9. The van der Waals surface area contributed by atoms with Crippen LogP contribution in [0.2, 0.25) is 0 Å². The summed E-state index contributed by atoms with van der Waals surface area (Å²) in [6.45, 7) is 4.52. The number of anilines is 4. The second kappa shape index (κ2) is 10.7. The molecule has 0 radical (unpaired) electrons. The summed E-state index contributed by atoms with van der Waals surface area (Å²) in [5.41, 5.74) is 1.38. The SMILES string of the molecule is Cc1cc(Nc2nc(Nc3cc(C)c(C4CCC(N5C[C@@H](O)[C@H](O)C5)CC4)cc3F)ncc2C(F)(F)F)n[nH]1. The van der Waals surface area contributed by atoms with Crippen molar-refractivity contribution >= 4 is 23.3 Å². The van der Waals surface area contributed by atoms with Gasteiger partial charge in [0.25, 0.3) is 0 Å². The summed E-state index contributed by atoms with van der Waals surface area (Å²) in [6.07, 6.45) is -2.01. The number of alkyl halides is 3. The van der Waals surface area contributed by atoms with Crippen molar-refractivity contribution in [3.8, 4) is 0 Å². The van der Waals surface area contributed by atoms with Crippen molar-refractivity contribution in [2.45, 2.75) is 69.9 Å². The Morgan fingerprint density at radius 1 is 1.00 bits per heavy atom. The summed E-state index contributed by atoms with van der Waals surface area (Å²) >= 11 is 0. The molecule has 5 rings (SSSR count). The van der Waals surface area contributed by atoms with E-state index in [2.05, 4.69) is 35.7 Å². The molecule has 2 aliphatic rings. The summed E-state index contributed by atoms with van der Waals surface area (Å²) in [5.74, 6) is -0.933. The van der Waals surface area contributed by atoms with Crippen LogP contribution in [0.15, 0.2) is 24.4 Å². The molecule has 39 heavy (non-hydrogen) atoms. The van der Waals surface area contributed by atoms with E-state index >= 15 is 4.39 Å². The van der Waals surface area contributed by atoms with Crippen LogP contribution in [0.1, 0.15) is 54.0 Å². The Balaban J connectivity index is 1.30. The van der Waals surface area contributed by atoms with Gasteiger partial charge in [0.05, 0.1) is 17.9 Å². The maximum absolute atomic E-state index is 15.2. The largest absolute Gasteiger partial charge is 0.421 e. The van der Waals surface area contributed by atoms with Crippen LogP contribution in [-0.2, 0) is 6.18 Å². The average molecular weight is 550 g/mol. The van der Waals surface area contributed by atoms with Crippen LogP contribution in [0.5, 0.6) is 0 Å². The first-order valence-corrected chi connectivity index (χ1v) is 12.9. The minimum Gasteiger partial charge on any atom is -0.389 e. The molecule has 3 heterocycles. The van der Waals surface area contributed by atoms with Gasteiger partial charge in [-0.3, -0.25) is 10.00 Å². The Kier molecular flexibility index (Phi) is 7.49. The van der Waals surface area contributed by atoms with Crippen molar-refractivity contribution in [3.63, 3.8) is 0 Å². The van der Waals surface area contributed by atoms with Crippen molar-refractivity contribution in [3.05, 3.63) is 52.6 Å². The van der Waals surface area contributed by atoms with Gasteiger partial charge in [0.1, 0.15) is 17.2 Å². The molecule has 9 nitrogen and oxygen atoms in total. The lowest BCUT2D eigenvalue weighted by molar-refractivity contribution is -0.137. The number of hydrogen-bond donors (Lipinski definition) is 5. The topological polar surface area (TPSA) is 122 Å². The lowest BCUT2D eigenvalue weighted by Crippen LogP contribution is -2.37. The predicted octanol–water partition coefficient (Wildman–Crippen LogP) is 4.53. The van der Waals surface area contributed by atoms with Crippen LogP contribution in [0.25, 0.3) is 0 Å². The molecule has 2 aromatic heterocycles. The van der Waals surface area contributed by atoms with E-state index in [1.54, 1.807) is 13.0 Å². The molecule has 1 aliphatic heterocycles. The number of nitrogens with zero attached hydrogens (tertiary/aromatic N) is 4. The van der Waals surface area contributed by atoms with E-state index in [1.807, 2.05) is 6.92 Å². The number of benzene rings is 1. The fourth-order valence-electron chi connectivity index (χ4n) is 5.55. The number of β-amino-alcohol motifs (C(OH)–C–C–N with tert-alkyl or cyclic N) is 2. The zero-order chi connectivity index (χ0) is 27.9. The Bertz CT molecular complexity index is 1310. The highest BCUT2D eigenvalue weighted by molar-refractivity contribution is 5.62. The Morgan fingerprint density at radius 3 is 2.31 bits per heavy atom. The summed E-state index contributed by atoms with van der Waals surface area (Å²) in [7, 11) is 0. The van der Waals surface area contributed by atoms with E-state index in [4.69, 9.17) is 0 Å². The van der Waals surface area contributed by atoms with E-state index < -0.39 is 35.6 Å². The van der Waals surface area contributed by atoms with Crippen LogP contribution < -0.4 is 10.6 Å². The van der Waals surface area contributed by atoms with Crippen LogP contribution in [0.3, 0.4) is 0 Å². The molecule has 0 amide bonds. The quantitative estimate of drug-likeness (QED) is 0.285. The van der Waals surface area contributed by atoms with E-state index in [9.17, 15) is 23.4 Å². The fraction of sp³-hybridized carbons (Fsp3) is 0.500. The van der Waals surface area contributed by atoms with E-state index in [0.717, 1.165) is 36.8 Å². The summed E-state index contributed by atoms with van der Waals surface area (Å²) in [5, 5.41) is 31.5. The summed E-state index contributed by atoms with van der Waals surface area (Å²) in [6, 6.07) is 4.91. The lowest BCUT2D eigenvalue weighted by Gasteiger charge is -2.35. The Morgan fingerprint density at radius 2 is 1.69 bits per heavy atom. The zero-order valence-corrected chi connectivity index (χ0v) is 21.6. The van der Waals surface area contributed by atoms with Gasteiger partial charge in [0.15, 0.2) is 5.82 Å². The van der Waals surface area contributed by atoms with E-state index in [-0.39, 0.29) is 29.4 Å². The molecule has 0 spiro atoms. The summed E-state index contributed by atoms with van der Waals surface area (Å²) < 4.78 is 55.8. The highest BCUT2D eigenvalue weighted by Gasteiger charge is 2.37. The second-order valence-corrected chi connectivity index (χ2v) is 10.4. The Labute approximate surface area is 222 Å². The number of aromatic nitrogens is 4. The standard InChI is InChI=1S/C26H31F4N7O2/c1-13-7-20(19(27)9-17(13)15-3-5-16(6-4-15)37-11-21(38)22(39)12-37)32-25-31-10-18(26(28,29)30)24(34-25)33-23-8-14(2)35-36-23/h7-10,15-16,21-22,38-39H,3-6,11-12H2,1-2H3,(H3,31,32,33,34,35,36)/t15?,16?,21-,22-/m1/s1. The number of hydrogen-bond acceptors (Lipinski definition) is 8. The number of aryl methyl sites for hydroxylation is 2. The van der Waals surface area contributed by atoms with E-state index in [0.29, 0.717) is 25.0 Å². The third kappa shape index (κ3) is 5.99. The number of aliphatic hydroxyl groups is 2. The smallest absolute Gasteiger partial charge is 0.389 e. The second-order valence-electron chi connectivity index (χ2n) is 10.4. The molecule has 1 aliphatic carbocycles. The van der Waals surface area contributed by atoms with Gasteiger partial charge < -0.3 is 20.8 Å². The van der Waals surface area contributed by atoms with Gasteiger partial charge in [-0.25, -0.2) is 9.37 Å². The van der Waals surface area contributed by atoms with Crippen molar-refractivity contribution in [2.24, 2.45) is 0 Å². The number of H-pyrrole nitrogens is 1. The minimum atomic E-state index is -4.71. The highest BCUT2D eigenvalue weighted by atomic mass is 19.4. The first kappa shape index (κ1) is 27.3. The number of nitrogens with one attached hydrogen (secondary N) is 3. The van der Waals surface area contributed by atoms with Gasteiger partial charge in [0.2, 0.25) is 5.95 Å². The molecule has 1 saturated carbocycles. The number of halogens is 4. The molecular formula is C26H31F4N7O2. The number of aromatic amines is 1. The molecule has 3 aromatic rings. The first-order chi connectivity index (χ1) is 18.5. The number of aliphatic hydroxyl groups excluding tert-OH is 2. The molecule has 0 unspecified atom stereocenters. The molecule has 5 N–H and O–H groups in total. The minimum absolute atomic E-state index is 0.0614. The van der Waals surface area contributed by atoms with Crippen LogP contribution in [-0.4, -0.2) is 66.6 Å². The maximum atomic E-state index is 15.2. The van der Waals surface area contributed by atoms with Crippen LogP contribution >= 0.6 is 0 Å². The number of likely N-dealkylation sites (tertiary alicyclic amines) is 1. The fourth-order valence-corrected chi connectivity index (χ4v) is 5.55. The zero-order valence-electron chi connectivity index (χ0n) is 21.6. The van der Waals surface area contributed by atoms with Crippen molar-refractivity contribution in [2.75, 3.05) is 23.7 Å². The molecule has 2 atom stereocenters. The average Bonchev–Trinajstić information content (AvgIpc) is 3.44. The van der Waals surface area contributed by atoms with Crippen LogP contribution in [0, 0.1) is 19.7 Å². The molecule has 0 bridgehead atoms. The monoisotopic (exact) mass is 549 g/mol. The summed E-state index contributed by atoms with van der Waals surface area (Å²) in [4.78, 5) is 9.87. The third-order valence-corrected chi connectivity index (χ3v) is 7.59. The molecule has 210 valence electrons. The van der Waals surface area contributed by atoms with Gasteiger partial charge in [-0.2, -0.15) is 23.3 Å². The maximum Gasteiger partial charge on any atom is 0.421 e. The molecule has 13 heteroatoms. The van der Waals surface area contributed by atoms with Gasteiger partial charge in [-0.15, -0.1) is 0 Å². The highest BCUT2D eigenvalue weighted by Crippen LogP contribution is 2.39. The molecule has 2 fully saturated rings. The lowest BCUT2D eigenvalue weighted by atomic mass is 9.79. The Hall–Kier alpha value is -3.29. The molecule has 1 saturated heterocycles. The van der Waals surface area contributed by atoms with Gasteiger partial charge in [-0.1, -0.05) is 0 Å². The third-order valence-electron chi connectivity index (χ3n) is 7.59. The molecule has 1 aromatic carbocycles. The predicted molar refractivity (Wildman–Crippen MR) is 137 cm³/mol. The van der Waals surface area contributed by atoms with Crippen LogP contribution in [0.4, 0.5) is 40.8 Å². The van der Waals surface area contributed by atoms with Crippen molar-refractivity contribution < 1.29 is 27.8 Å². The van der Waals surface area contributed by atoms with E-state index in [1.165, 1.54) is 12.1 Å². The normalized spacial score (nSPS) is 24.2. The van der Waals surface area contributed by atoms with Gasteiger partial charge in [-0.05, 0) is 68.7 Å². The van der Waals surface area contributed by atoms with Crippen molar-refractivity contribution in [1.82, 2.24) is 25.1 Å². The molecular weight excluding hydrogens is 518 g/mol. The van der Waals surface area contributed by atoms with Crippen molar-refractivity contribution in [1.29, 1.82) is 0 Å².